The van der Waals surface area contributed by atoms with E-state index in [-0.39, 0.29) is 17.7 Å². The van der Waals surface area contributed by atoms with Gasteiger partial charge in [-0.3, -0.25) is 19.8 Å². The molecule has 0 amide bonds. The number of aromatic hydroxyl groups is 3. The van der Waals surface area contributed by atoms with Gasteiger partial charge in [0.25, 0.3) is 0 Å². The number of aliphatic imine (C=N–C) groups is 2. The molecule has 7 heteroatoms. The van der Waals surface area contributed by atoms with Gasteiger partial charge in [-0.05, 0) is 53.3 Å². The third-order valence-corrected chi connectivity index (χ3v) is 7.51. The van der Waals surface area contributed by atoms with Gasteiger partial charge in [-0.15, -0.1) is 0 Å². The topological polar surface area (TPSA) is 91.9 Å². The summed E-state index contributed by atoms with van der Waals surface area (Å²) in [5.74, 6) is 1.47. The van der Waals surface area contributed by atoms with Crippen molar-refractivity contribution in [3.63, 3.8) is 0 Å². The highest BCUT2D eigenvalue weighted by molar-refractivity contribution is 5.84. The van der Waals surface area contributed by atoms with Crippen LogP contribution in [0.2, 0.25) is 0 Å². The molecule has 212 valence electrons. The second kappa shape index (κ2) is 13.6. The highest BCUT2D eigenvalue weighted by Gasteiger charge is 2.34. The molecule has 0 saturated carbocycles. The molecule has 1 unspecified atom stereocenters. The average Bonchev–Trinajstić information content (AvgIpc) is 3.32. The van der Waals surface area contributed by atoms with Crippen molar-refractivity contribution in [3.8, 4) is 17.2 Å². The van der Waals surface area contributed by atoms with Crippen molar-refractivity contribution in [3.05, 3.63) is 88.5 Å². The van der Waals surface area contributed by atoms with Crippen LogP contribution in [0.15, 0.2) is 70.6 Å². The number of para-hydroxylation sites is 1. The Morgan fingerprint density at radius 2 is 1.25 bits per heavy atom. The Morgan fingerprint density at radius 1 is 0.700 bits per heavy atom. The van der Waals surface area contributed by atoms with Gasteiger partial charge in [0.2, 0.25) is 0 Å². The van der Waals surface area contributed by atoms with Crippen LogP contribution >= 0.6 is 0 Å². The summed E-state index contributed by atoms with van der Waals surface area (Å²) in [4.78, 5) is 13.9. The molecule has 0 aromatic heterocycles. The molecule has 7 nitrogen and oxygen atoms in total. The van der Waals surface area contributed by atoms with Crippen LogP contribution in [0.3, 0.4) is 0 Å². The van der Waals surface area contributed by atoms with Crippen molar-refractivity contribution < 1.29 is 15.3 Å². The number of phenolic OH excluding ortho intramolecular Hbond substituents is 3. The minimum absolute atomic E-state index is 0.0885. The fourth-order valence-corrected chi connectivity index (χ4v) is 5.06. The Balaban J connectivity index is 1.47. The van der Waals surface area contributed by atoms with E-state index in [0.717, 1.165) is 42.9 Å². The van der Waals surface area contributed by atoms with Crippen LogP contribution in [0.4, 0.5) is 0 Å². The third kappa shape index (κ3) is 7.29. The minimum Gasteiger partial charge on any atom is -0.508 e. The van der Waals surface area contributed by atoms with Crippen LogP contribution in [0.25, 0.3) is 0 Å². The Hall–Kier alpha value is -3.68. The summed E-state index contributed by atoms with van der Waals surface area (Å²) in [6.45, 7) is 12.8. The van der Waals surface area contributed by atoms with Crippen LogP contribution in [0.1, 0.15) is 73.5 Å². The van der Waals surface area contributed by atoms with Crippen LogP contribution in [0.5, 0.6) is 17.2 Å². The zero-order valence-electron chi connectivity index (χ0n) is 24.0. The first-order valence-corrected chi connectivity index (χ1v) is 14.2. The van der Waals surface area contributed by atoms with E-state index in [1.54, 1.807) is 30.6 Å². The van der Waals surface area contributed by atoms with E-state index >= 15 is 0 Å². The Labute approximate surface area is 238 Å². The first kappa shape index (κ1) is 29.3. The lowest BCUT2D eigenvalue weighted by atomic mass is 9.99. The SMILES string of the molecule is CC(C)c1ccc(C2N(CCN=Cc3ccccc3O)CCN2CCN=Cc2cc(C(C)C)ccc2O)c(O)c1. The fraction of sp³-hybridized carbons (Fsp3) is 0.394. The number of hydrogen-bond acceptors (Lipinski definition) is 7. The van der Waals surface area contributed by atoms with Gasteiger partial charge in [-0.2, -0.15) is 0 Å². The quantitative estimate of drug-likeness (QED) is 0.262. The van der Waals surface area contributed by atoms with Gasteiger partial charge in [0.05, 0.1) is 19.3 Å². The summed E-state index contributed by atoms with van der Waals surface area (Å²) in [5, 5.41) is 31.3. The molecule has 1 atom stereocenters. The standard InChI is InChI=1S/C33H42N4O3/c1-23(2)25-10-12-31(39)28(19-25)22-35-14-16-37-18-17-36(15-13-34-21-27-7-5-6-8-30(27)38)33(37)29-11-9-26(24(3)4)20-32(29)40/h5-12,19-24,33,38-40H,13-18H2,1-4H3. The molecule has 0 radical (unpaired) electrons. The van der Waals surface area contributed by atoms with Gasteiger partial charge >= 0.3 is 0 Å². The van der Waals surface area contributed by atoms with Crippen molar-refractivity contribution in [2.45, 2.75) is 45.7 Å². The van der Waals surface area contributed by atoms with Crippen LogP contribution < -0.4 is 0 Å². The Kier molecular flexibility index (Phi) is 9.96. The Morgan fingerprint density at radius 3 is 1.85 bits per heavy atom. The van der Waals surface area contributed by atoms with E-state index in [0.29, 0.717) is 36.2 Å². The molecule has 1 heterocycles. The van der Waals surface area contributed by atoms with Gasteiger partial charge < -0.3 is 15.3 Å². The van der Waals surface area contributed by atoms with Crippen LogP contribution in [-0.4, -0.2) is 76.8 Å². The van der Waals surface area contributed by atoms with E-state index in [2.05, 4.69) is 53.5 Å². The van der Waals surface area contributed by atoms with Gasteiger partial charge in [-0.1, -0.05) is 58.0 Å². The summed E-state index contributed by atoms with van der Waals surface area (Å²) >= 11 is 0. The van der Waals surface area contributed by atoms with Gasteiger partial charge in [0.1, 0.15) is 17.2 Å². The second-order valence-electron chi connectivity index (χ2n) is 11.0. The monoisotopic (exact) mass is 542 g/mol. The molecular weight excluding hydrogens is 500 g/mol. The van der Waals surface area contributed by atoms with Crippen LogP contribution in [0, 0.1) is 0 Å². The lowest BCUT2D eigenvalue weighted by Gasteiger charge is -2.31. The summed E-state index contributed by atoms with van der Waals surface area (Å²) < 4.78 is 0. The predicted octanol–water partition coefficient (Wildman–Crippen LogP) is 5.90. The number of nitrogens with zero attached hydrogens (tertiary/aromatic N) is 4. The maximum absolute atomic E-state index is 11.0. The molecule has 3 aromatic carbocycles. The van der Waals surface area contributed by atoms with Crippen molar-refractivity contribution in [1.82, 2.24) is 9.80 Å². The number of phenols is 3. The van der Waals surface area contributed by atoms with Crippen molar-refractivity contribution in [2.75, 3.05) is 39.3 Å². The van der Waals surface area contributed by atoms with Crippen molar-refractivity contribution in [1.29, 1.82) is 0 Å². The summed E-state index contributed by atoms with van der Waals surface area (Å²) in [6.07, 6.45) is 3.38. The highest BCUT2D eigenvalue weighted by Crippen LogP contribution is 2.36. The molecule has 40 heavy (non-hydrogen) atoms. The molecule has 1 fully saturated rings. The highest BCUT2D eigenvalue weighted by atomic mass is 16.3. The predicted molar refractivity (Wildman–Crippen MR) is 163 cm³/mol. The molecule has 1 saturated heterocycles. The van der Waals surface area contributed by atoms with Crippen molar-refractivity contribution >= 4 is 12.4 Å². The van der Waals surface area contributed by atoms with E-state index in [1.807, 2.05) is 36.4 Å². The molecule has 0 bridgehead atoms. The fourth-order valence-electron chi connectivity index (χ4n) is 5.06. The summed E-state index contributed by atoms with van der Waals surface area (Å²) in [5.41, 5.74) is 4.59. The van der Waals surface area contributed by atoms with E-state index in [9.17, 15) is 15.3 Å². The molecule has 0 aliphatic carbocycles. The van der Waals surface area contributed by atoms with Crippen molar-refractivity contribution in [2.24, 2.45) is 9.98 Å². The first-order chi connectivity index (χ1) is 19.2. The normalized spacial score (nSPS) is 16.8. The minimum atomic E-state index is -0.0885. The Bertz CT molecular complexity index is 1340. The van der Waals surface area contributed by atoms with Crippen LogP contribution in [-0.2, 0) is 0 Å². The number of rotatable bonds is 11. The first-order valence-electron chi connectivity index (χ1n) is 14.2. The summed E-state index contributed by atoms with van der Waals surface area (Å²) in [7, 11) is 0. The molecule has 0 spiro atoms. The smallest absolute Gasteiger partial charge is 0.124 e. The third-order valence-electron chi connectivity index (χ3n) is 7.51. The summed E-state index contributed by atoms with van der Waals surface area (Å²) in [6, 6.07) is 18.9. The largest absolute Gasteiger partial charge is 0.508 e. The second-order valence-corrected chi connectivity index (χ2v) is 11.0. The maximum atomic E-state index is 11.0. The van der Waals surface area contributed by atoms with E-state index in [1.165, 1.54) is 5.56 Å². The lowest BCUT2D eigenvalue weighted by molar-refractivity contribution is 0.140. The number of hydrogen-bond donors (Lipinski definition) is 3. The molecule has 1 aliphatic rings. The molecule has 3 N–H and O–H groups in total. The maximum Gasteiger partial charge on any atom is 0.124 e. The molecule has 4 rings (SSSR count). The average molecular weight is 543 g/mol. The molecular formula is C33H42N4O3. The van der Waals surface area contributed by atoms with Gasteiger partial charge in [0.15, 0.2) is 0 Å². The molecule has 3 aromatic rings. The van der Waals surface area contributed by atoms with E-state index < -0.39 is 0 Å². The molecule has 1 aliphatic heterocycles. The lowest BCUT2D eigenvalue weighted by Crippen LogP contribution is -2.34. The zero-order chi connectivity index (χ0) is 28.6. The zero-order valence-corrected chi connectivity index (χ0v) is 24.0. The number of benzene rings is 3. The van der Waals surface area contributed by atoms with E-state index in [4.69, 9.17) is 0 Å². The van der Waals surface area contributed by atoms with Gasteiger partial charge in [0, 0.05) is 55.3 Å². The van der Waals surface area contributed by atoms with Gasteiger partial charge in [-0.25, -0.2) is 0 Å².